The van der Waals surface area contributed by atoms with Crippen molar-refractivity contribution >= 4 is 80.2 Å². The van der Waals surface area contributed by atoms with E-state index in [4.69, 9.17) is 6.57 Å². The lowest BCUT2D eigenvalue weighted by Gasteiger charge is -2.08. The molecule has 6 aromatic rings. The minimum absolute atomic E-state index is 0.730. The molecule has 6 rings (SSSR count). The smallest absolute Gasteiger partial charge is 0.227 e. The Morgan fingerprint density at radius 2 is 1.29 bits per heavy atom. The van der Waals surface area contributed by atoms with Gasteiger partial charge in [0.15, 0.2) is 0 Å². The molecule has 0 aliphatic heterocycles. The molecule has 0 saturated carbocycles. The van der Waals surface area contributed by atoms with Gasteiger partial charge in [-0.05, 0) is 79.5 Å². The number of thiophene rings is 2. The molecule has 4 heteroatoms. The standard InChI is InChI=1S/C24H10N2S2/c1-26-24-9-16-7-14-3-5-18-19(21(14)11-23(16)28-24)4-2-13-6-15-8-17(12-25)27-22(15)10-20(13)18/h2-11H. The molecule has 0 aliphatic carbocycles. The van der Waals surface area contributed by atoms with Gasteiger partial charge in [-0.3, -0.25) is 0 Å². The van der Waals surface area contributed by atoms with Crippen LogP contribution in [0.15, 0.2) is 60.7 Å². The van der Waals surface area contributed by atoms with Gasteiger partial charge >= 0.3 is 0 Å². The Morgan fingerprint density at radius 1 is 0.679 bits per heavy atom. The lowest BCUT2D eigenvalue weighted by atomic mass is 9.96. The van der Waals surface area contributed by atoms with Crippen LogP contribution in [0.2, 0.25) is 0 Å². The predicted octanol–water partition coefficient (Wildman–Crippen LogP) is 8.00. The highest BCUT2D eigenvalue weighted by Gasteiger charge is 2.10. The van der Waals surface area contributed by atoms with Crippen molar-refractivity contribution in [3.8, 4) is 6.07 Å². The van der Waals surface area contributed by atoms with Gasteiger partial charge in [-0.2, -0.15) is 16.6 Å². The summed E-state index contributed by atoms with van der Waals surface area (Å²) >= 11 is 3.09. The first-order valence-corrected chi connectivity index (χ1v) is 10.4. The van der Waals surface area contributed by atoms with E-state index in [0.29, 0.717) is 0 Å². The third kappa shape index (κ3) is 2.11. The zero-order chi connectivity index (χ0) is 18.8. The molecule has 0 unspecified atom stereocenters. The van der Waals surface area contributed by atoms with Gasteiger partial charge in [-0.1, -0.05) is 24.3 Å². The summed E-state index contributed by atoms with van der Waals surface area (Å²) in [5.74, 6) is 0. The summed E-state index contributed by atoms with van der Waals surface area (Å²) in [6, 6.07) is 23.7. The molecular weight excluding hydrogens is 380 g/mol. The van der Waals surface area contributed by atoms with Gasteiger partial charge < -0.3 is 0 Å². The second-order valence-electron chi connectivity index (χ2n) is 6.87. The van der Waals surface area contributed by atoms with E-state index in [-0.39, 0.29) is 0 Å². The monoisotopic (exact) mass is 390 g/mol. The maximum absolute atomic E-state index is 9.22. The van der Waals surface area contributed by atoms with E-state index < -0.39 is 0 Å². The first kappa shape index (κ1) is 15.6. The lowest BCUT2D eigenvalue weighted by molar-refractivity contribution is 1.52. The number of benzene rings is 4. The second-order valence-corrected chi connectivity index (χ2v) is 9.01. The third-order valence-corrected chi connectivity index (χ3v) is 7.31. The highest BCUT2D eigenvalue weighted by atomic mass is 32.1. The maximum Gasteiger partial charge on any atom is 0.242 e. The molecule has 0 saturated heterocycles. The largest absolute Gasteiger partial charge is 0.242 e. The Kier molecular flexibility index (Phi) is 3.08. The van der Waals surface area contributed by atoms with Crippen molar-refractivity contribution in [3.63, 3.8) is 0 Å². The minimum Gasteiger partial charge on any atom is -0.227 e. The van der Waals surface area contributed by atoms with Crippen LogP contribution in [-0.4, -0.2) is 0 Å². The first-order valence-electron chi connectivity index (χ1n) is 8.77. The van der Waals surface area contributed by atoms with Gasteiger partial charge in [0.1, 0.15) is 10.9 Å². The molecule has 0 amide bonds. The Hall–Kier alpha value is -3.44. The molecule has 128 valence electrons. The molecule has 0 aliphatic rings. The fourth-order valence-corrected chi connectivity index (χ4v) is 5.79. The summed E-state index contributed by atoms with van der Waals surface area (Å²) in [6.45, 7) is 7.28. The lowest BCUT2D eigenvalue weighted by Crippen LogP contribution is -1.81. The van der Waals surface area contributed by atoms with Crippen LogP contribution in [0, 0.1) is 17.9 Å². The molecule has 2 aromatic heterocycles. The first-order chi connectivity index (χ1) is 13.7. The van der Waals surface area contributed by atoms with E-state index in [1.165, 1.54) is 32.3 Å². The van der Waals surface area contributed by atoms with Crippen LogP contribution >= 0.6 is 22.7 Å². The van der Waals surface area contributed by atoms with E-state index in [1.807, 2.05) is 12.1 Å². The molecule has 28 heavy (non-hydrogen) atoms. The van der Waals surface area contributed by atoms with Crippen molar-refractivity contribution in [3.05, 3.63) is 77.0 Å². The van der Waals surface area contributed by atoms with E-state index in [2.05, 4.69) is 59.4 Å². The van der Waals surface area contributed by atoms with Crippen molar-refractivity contribution in [1.29, 1.82) is 5.26 Å². The number of rotatable bonds is 0. The highest BCUT2D eigenvalue weighted by Crippen LogP contribution is 2.39. The number of hydrogen-bond acceptors (Lipinski definition) is 3. The highest BCUT2D eigenvalue weighted by molar-refractivity contribution is 7.23. The fraction of sp³-hybridized carbons (Fsp3) is 0. The van der Waals surface area contributed by atoms with E-state index in [1.54, 1.807) is 22.7 Å². The second kappa shape index (κ2) is 5.53. The van der Waals surface area contributed by atoms with Gasteiger partial charge in [0, 0.05) is 9.40 Å². The van der Waals surface area contributed by atoms with Crippen LogP contribution < -0.4 is 0 Å². The zero-order valence-corrected chi connectivity index (χ0v) is 16.1. The molecular formula is C24H10N2S2. The number of nitrogens with zero attached hydrogens (tertiary/aromatic N) is 2. The Balaban J connectivity index is 1.74. The fourth-order valence-electron chi connectivity index (χ4n) is 4.04. The van der Waals surface area contributed by atoms with Gasteiger partial charge in [0.2, 0.25) is 5.00 Å². The normalized spacial score (nSPS) is 11.5. The molecule has 2 heterocycles. The van der Waals surface area contributed by atoms with Crippen LogP contribution in [-0.2, 0) is 0 Å². The van der Waals surface area contributed by atoms with E-state index in [0.717, 1.165) is 30.1 Å². The molecule has 4 aromatic carbocycles. The molecule has 0 fully saturated rings. The van der Waals surface area contributed by atoms with E-state index >= 15 is 0 Å². The van der Waals surface area contributed by atoms with Crippen molar-refractivity contribution in [2.75, 3.05) is 0 Å². The number of hydrogen-bond donors (Lipinski definition) is 0. The summed E-state index contributed by atoms with van der Waals surface area (Å²) in [5, 5.41) is 19.5. The molecule has 0 atom stereocenters. The summed E-state index contributed by atoms with van der Waals surface area (Å²) in [5.41, 5.74) is 0. The number of nitriles is 1. The summed E-state index contributed by atoms with van der Waals surface area (Å²) < 4.78 is 2.30. The van der Waals surface area contributed by atoms with Crippen molar-refractivity contribution in [1.82, 2.24) is 0 Å². The van der Waals surface area contributed by atoms with Crippen LogP contribution in [0.25, 0.3) is 57.3 Å². The quantitative estimate of drug-likeness (QED) is 0.191. The van der Waals surface area contributed by atoms with E-state index in [9.17, 15) is 5.26 Å². The van der Waals surface area contributed by atoms with Crippen molar-refractivity contribution in [2.45, 2.75) is 0 Å². The van der Waals surface area contributed by atoms with Gasteiger partial charge in [0.05, 0.1) is 6.57 Å². The summed E-state index contributed by atoms with van der Waals surface area (Å²) in [6.07, 6.45) is 0. The Labute approximate surface area is 168 Å². The third-order valence-electron chi connectivity index (χ3n) is 5.31. The predicted molar refractivity (Wildman–Crippen MR) is 121 cm³/mol. The van der Waals surface area contributed by atoms with Crippen LogP contribution in [0.3, 0.4) is 0 Å². The maximum atomic E-state index is 9.22. The molecule has 0 bridgehead atoms. The van der Waals surface area contributed by atoms with Crippen molar-refractivity contribution < 1.29 is 0 Å². The van der Waals surface area contributed by atoms with Gasteiger partial charge in [0.25, 0.3) is 0 Å². The van der Waals surface area contributed by atoms with Crippen LogP contribution in [0.4, 0.5) is 5.00 Å². The van der Waals surface area contributed by atoms with Crippen molar-refractivity contribution in [2.24, 2.45) is 0 Å². The van der Waals surface area contributed by atoms with Crippen LogP contribution in [0.1, 0.15) is 4.88 Å². The SMILES string of the molecule is [C-]#[N+]c1cc2cc3ccc4c5cc6sc(C#N)cc6cc5ccc4c3cc2s1. The summed E-state index contributed by atoms with van der Waals surface area (Å²) in [4.78, 5) is 4.33. The zero-order valence-electron chi connectivity index (χ0n) is 14.5. The number of fused-ring (bicyclic) bond motifs is 7. The molecule has 0 N–H and O–H groups in total. The molecule has 0 radical (unpaired) electrons. The average molecular weight is 390 g/mol. The van der Waals surface area contributed by atoms with Gasteiger partial charge in [-0.25, -0.2) is 4.85 Å². The average Bonchev–Trinajstić information content (AvgIpc) is 3.32. The topological polar surface area (TPSA) is 28.1 Å². The Morgan fingerprint density at radius 3 is 1.89 bits per heavy atom. The molecule has 2 nitrogen and oxygen atoms in total. The Bertz CT molecular complexity index is 1560. The minimum atomic E-state index is 0.730. The van der Waals surface area contributed by atoms with Gasteiger partial charge in [-0.15, -0.1) is 11.3 Å². The van der Waals surface area contributed by atoms with Crippen LogP contribution in [0.5, 0.6) is 0 Å². The molecule has 0 spiro atoms. The summed E-state index contributed by atoms with van der Waals surface area (Å²) in [7, 11) is 0.